The van der Waals surface area contributed by atoms with E-state index in [1.165, 1.54) is 30.5 Å². The Morgan fingerprint density at radius 2 is 2.24 bits per heavy atom. The number of anilines is 2. The number of fused-ring (bicyclic) bond motifs is 1. The summed E-state index contributed by atoms with van der Waals surface area (Å²) in [6.45, 7) is 3.93. The lowest BCUT2D eigenvalue weighted by atomic mass is 10.1. The highest BCUT2D eigenvalue weighted by atomic mass is 16.5. The van der Waals surface area contributed by atoms with Gasteiger partial charge >= 0.3 is 0 Å². The number of ether oxygens (including phenoxy) is 1. The molecular weight excluding hydrogens is 212 g/mol. The molecule has 2 fully saturated rings. The van der Waals surface area contributed by atoms with Gasteiger partial charge in [0, 0.05) is 17.9 Å². The lowest BCUT2D eigenvalue weighted by Crippen LogP contribution is -2.48. The molecule has 92 valence electrons. The van der Waals surface area contributed by atoms with Gasteiger partial charge in [-0.05, 0) is 49.9 Å². The number of benzene rings is 1. The number of morpholine rings is 1. The maximum absolute atomic E-state index is 5.88. The number of hydrogen-bond acceptors (Lipinski definition) is 3. The molecule has 3 nitrogen and oxygen atoms in total. The standard InChI is InChI=1S/C14H20N2O/c1-10-9-11(5-6-12(10)15)16-7-8-17-14-4-2-3-13(14)16/h5-6,9,13-14H,2-4,7-8,15H2,1H3. The second kappa shape index (κ2) is 4.22. The van der Waals surface area contributed by atoms with Gasteiger partial charge in [0.15, 0.2) is 0 Å². The predicted octanol–water partition coefficient (Wildman–Crippen LogP) is 2.33. The molecule has 1 heterocycles. The van der Waals surface area contributed by atoms with E-state index in [1.807, 2.05) is 6.07 Å². The van der Waals surface area contributed by atoms with Crippen LogP contribution in [0.4, 0.5) is 11.4 Å². The van der Waals surface area contributed by atoms with E-state index in [9.17, 15) is 0 Å². The van der Waals surface area contributed by atoms with Crippen molar-refractivity contribution in [2.24, 2.45) is 0 Å². The molecule has 3 rings (SSSR count). The highest BCUT2D eigenvalue weighted by Crippen LogP contribution is 2.33. The zero-order chi connectivity index (χ0) is 11.8. The van der Waals surface area contributed by atoms with Crippen molar-refractivity contribution in [1.29, 1.82) is 0 Å². The maximum Gasteiger partial charge on any atom is 0.0779 e. The first-order valence-electron chi connectivity index (χ1n) is 6.50. The Morgan fingerprint density at radius 3 is 3.06 bits per heavy atom. The summed E-state index contributed by atoms with van der Waals surface area (Å²) in [7, 11) is 0. The van der Waals surface area contributed by atoms with Gasteiger partial charge in [-0.25, -0.2) is 0 Å². The minimum atomic E-state index is 0.446. The molecule has 1 saturated carbocycles. The third-order valence-electron chi connectivity index (χ3n) is 4.07. The molecule has 0 amide bonds. The smallest absolute Gasteiger partial charge is 0.0779 e. The number of hydrogen-bond donors (Lipinski definition) is 1. The molecule has 0 radical (unpaired) electrons. The van der Waals surface area contributed by atoms with Crippen LogP contribution in [0.1, 0.15) is 24.8 Å². The molecule has 0 bridgehead atoms. The average molecular weight is 232 g/mol. The molecule has 2 unspecified atom stereocenters. The van der Waals surface area contributed by atoms with Crippen molar-refractivity contribution in [3.05, 3.63) is 23.8 Å². The van der Waals surface area contributed by atoms with Crippen LogP contribution in [-0.4, -0.2) is 25.3 Å². The molecule has 1 aromatic rings. The van der Waals surface area contributed by atoms with Crippen molar-refractivity contribution in [2.75, 3.05) is 23.8 Å². The zero-order valence-corrected chi connectivity index (χ0v) is 10.4. The Kier molecular flexibility index (Phi) is 2.71. The molecule has 1 saturated heterocycles. The molecule has 1 aliphatic carbocycles. The Hall–Kier alpha value is -1.22. The molecule has 2 atom stereocenters. The summed E-state index contributed by atoms with van der Waals surface area (Å²) in [5, 5.41) is 0. The molecule has 1 aliphatic heterocycles. The molecule has 1 aromatic carbocycles. The molecule has 0 aromatic heterocycles. The van der Waals surface area contributed by atoms with Crippen molar-refractivity contribution >= 4 is 11.4 Å². The van der Waals surface area contributed by atoms with E-state index >= 15 is 0 Å². The molecule has 17 heavy (non-hydrogen) atoms. The lowest BCUT2D eigenvalue weighted by molar-refractivity contribution is 0.0256. The van der Waals surface area contributed by atoms with E-state index in [0.29, 0.717) is 12.1 Å². The fourth-order valence-corrected chi connectivity index (χ4v) is 3.08. The van der Waals surface area contributed by atoms with Crippen LogP contribution in [0.15, 0.2) is 18.2 Å². The monoisotopic (exact) mass is 232 g/mol. The van der Waals surface area contributed by atoms with Crippen molar-refractivity contribution in [3.63, 3.8) is 0 Å². The second-order valence-corrected chi connectivity index (χ2v) is 5.14. The maximum atomic E-state index is 5.88. The first-order chi connectivity index (χ1) is 8.25. The highest BCUT2D eigenvalue weighted by molar-refractivity contribution is 5.58. The van der Waals surface area contributed by atoms with E-state index in [4.69, 9.17) is 10.5 Å². The van der Waals surface area contributed by atoms with Crippen molar-refractivity contribution in [2.45, 2.75) is 38.3 Å². The van der Waals surface area contributed by atoms with Crippen LogP contribution in [-0.2, 0) is 4.74 Å². The van der Waals surface area contributed by atoms with E-state index < -0.39 is 0 Å². The number of nitrogens with zero attached hydrogens (tertiary/aromatic N) is 1. The Morgan fingerprint density at radius 1 is 1.35 bits per heavy atom. The largest absolute Gasteiger partial charge is 0.399 e. The van der Waals surface area contributed by atoms with Gasteiger partial charge in [0.25, 0.3) is 0 Å². The van der Waals surface area contributed by atoms with E-state index in [1.54, 1.807) is 0 Å². The van der Waals surface area contributed by atoms with Gasteiger partial charge in [0.1, 0.15) is 0 Å². The third-order valence-corrected chi connectivity index (χ3v) is 4.07. The van der Waals surface area contributed by atoms with Crippen molar-refractivity contribution in [1.82, 2.24) is 0 Å². The normalized spacial score (nSPS) is 28.2. The van der Waals surface area contributed by atoms with Crippen LogP contribution in [0.3, 0.4) is 0 Å². The summed E-state index contributed by atoms with van der Waals surface area (Å²) >= 11 is 0. The van der Waals surface area contributed by atoms with Gasteiger partial charge in [-0.15, -0.1) is 0 Å². The van der Waals surface area contributed by atoms with Crippen LogP contribution in [0, 0.1) is 6.92 Å². The fourth-order valence-electron chi connectivity index (χ4n) is 3.08. The number of aryl methyl sites for hydroxylation is 1. The number of rotatable bonds is 1. The Balaban J connectivity index is 1.89. The summed E-state index contributed by atoms with van der Waals surface area (Å²) in [5.41, 5.74) is 9.23. The van der Waals surface area contributed by atoms with Crippen LogP contribution in [0.25, 0.3) is 0 Å². The van der Waals surface area contributed by atoms with Crippen LogP contribution in [0.5, 0.6) is 0 Å². The first-order valence-corrected chi connectivity index (χ1v) is 6.50. The van der Waals surface area contributed by atoms with Gasteiger partial charge in [-0.3, -0.25) is 0 Å². The van der Waals surface area contributed by atoms with Gasteiger partial charge < -0.3 is 15.4 Å². The molecule has 2 N–H and O–H groups in total. The van der Waals surface area contributed by atoms with E-state index in [0.717, 1.165) is 18.8 Å². The highest BCUT2D eigenvalue weighted by Gasteiger charge is 2.36. The summed E-state index contributed by atoms with van der Waals surface area (Å²) in [6.07, 6.45) is 4.21. The van der Waals surface area contributed by atoms with Crippen molar-refractivity contribution < 1.29 is 4.74 Å². The third kappa shape index (κ3) is 1.89. The van der Waals surface area contributed by atoms with Gasteiger partial charge in [-0.2, -0.15) is 0 Å². The average Bonchev–Trinajstić information content (AvgIpc) is 2.80. The van der Waals surface area contributed by atoms with E-state index in [-0.39, 0.29) is 0 Å². The quantitative estimate of drug-likeness (QED) is 0.755. The van der Waals surface area contributed by atoms with Gasteiger partial charge in [-0.1, -0.05) is 0 Å². The predicted molar refractivity (Wildman–Crippen MR) is 70.3 cm³/mol. The van der Waals surface area contributed by atoms with Crippen LogP contribution in [0.2, 0.25) is 0 Å². The fraction of sp³-hybridized carbons (Fsp3) is 0.571. The van der Waals surface area contributed by atoms with Crippen molar-refractivity contribution in [3.8, 4) is 0 Å². The van der Waals surface area contributed by atoms with Crippen LogP contribution < -0.4 is 10.6 Å². The Labute approximate surface area is 103 Å². The summed E-state index contributed by atoms with van der Waals surface area (Å²) in [4.78, 5) is 2.51. The van der Waals surface area contributed by atoms with Gasteiger partial charge in [0.05, 0.1) is 18.8 Å². The minimum Gasteiger partial charge on any atom is -0.399 e. The van der Waals surface area contributed by atoms with E-state index in [2.05, 4.69) is 24.0 Å². The second-order valence-electron chi connectivity index (χ2n) is 5.14. The number of nitrogen functional groups attached to an aromatic ring is 1. The molecule has 2 aliphatic rings. The van der Waals surface area contributed by atoms with Crippen LogP contribution >= 0.6 is 0 Å². The minimum absolute atomic E-state index is 0.446. The summed E-state index contributed by atoms with van der Waals surface area (Å²) < 4.78 is 5.84. The summed E-state index contributed by atoms with van der Waals surface area (Å²) in [5.74, 6) is 0. The lowest BCUT2D eigenvalue weighted by Gasteiger charge is -2.39. The zero-order valence-electron chi connectivity index (χ0n) is 10.4. The SMILES string of the molecule is Cc1cc(N2CCOC3CCCC32)ccc1N. The molecular formula is C14H20N2O. The molecule has 3 heteroatoms. The summed E-state index contributed by atoms with van der Waals surface area (Å²) in [6, 6.07) is 6.94. The van der Waals surface area contributed by atoms with Gasteiger partial charge in [0.2, 0.25) is 0 Å². The molecule has 0 spiro atoms. The topological polar surface area (TPSA) is 38.5 Å². The first kappa shape index (κ1) is 10.9. The Bertz CT molecular complexity index is 419. The number of nitrogens with two attached hydrogens (primary N) is 1.